The Morgan fingerprint density at radius 3 is 3.00 bits per heavy atom. The Bertz CT molecular complexity index is 489. The third-order valence-corrected chi connectivity index (χ3v) is 2.96. The Kier molecular flexibility index (Phi) is 2.60. The van der Waals surface area contributed by atoms with Gasteiger partial charge >= 0.3 is 0 Å². The number of hydrogen-bond donors (Lipinski definition) is 1. The van der Waals surface area contributed by atoms with E-state index < -0.39 is 0 Å². The van der Waals surface area contributed by atoms with Crippen LogP contribution in [0.1, 0.15) is 11.7 Å². The number of ether oxygens (including phenoxy) is 1. The van der Waals surface area contributed by atoms with E-state index >= 15 is 0 Å². The van der Waals surface area contributed by atoms with Gasteiger partial charge in [-0.1, -0.05) is 36.4 Å². The molecule has 2 nitrogen and oxygen atoms in total. The predicted molar refractivity (Wildman–Crippen MR) is 64.3 cm³/mol. The van der Waals surface area contributed by atoms with Crippen molar-refractivity contribution in [3.8, 4) is 0 Å². The first kappa shape index (κ1) is 9.82. The molecule has 0 spiro atoms. The van der Waals surface area contributed by atoms with Gasteiger partial charge in [0, 0.05) is 13.1 Å². The lowest BCUT2D eigenvalue weighted by atomic mass is 10.0. The van der Waals surface area contributed by atoms with E-state index in [9.17, 15) is 0 Å². The molecular weight excluding hydrogens is 198 g/mol. The van der Waals surface area contributed by atoms with E-state index in [4.69, 9.17) is 4.74 Å². The van der Waals surface area contributed by atoms with Crippen molar-refractivity contribution in [1.82, 2.24) is 5.32 Å². The van der Waals surface area contributed by atoms with Gasteiger partial charge in [0.05, 0.1) is 12.7 Å². The van der Waals surface area contributed by atoms with Gasteiger partial charge in [0.25, 0.3) is 0 Å². The molecule has 0 saturated carbocycles. The molecule has 2 heteroatoms. The minimum Gasteiger partial charge on any atom is -0.371 e. The third-order valence-electron chi connectivity index (χ3n) is 2.96. The number of nitrogens with one attached hydrogen (secondary N) is 1. The molecule has 1 radical (unpaired) electrons. The standard InChI is InChI=1S/C14H14NO/c1-2-4-12-9-13(6-5-11(12)3-1)14-10-15-7-8-16-14/h1-6,14-15H,7-8,10H2. The van der Waals surface area contributed by atoms with Crippen molar-refractivity contribution in [3.63, 3.8) is 0 Å². The van der Waals surface area contributed by atoms with E-state index in [-0.39, 0.29) is 6.10 Å². The van der Waals surface area contributed by atoms with Crippen LogP contribution in [0.3, 0.4) is 0 Å². The number of fused-ring (bicyclic) bond motifs is 1. The SMILES string of the molecule is [c]1c(C2CNCCO2)ccc2ccccc12. The summed E-state index contributed by atoms with van der Waals surface area (Å²) in [6.45, 7) is 2.62. The Balaban J connectivity index is 1.97. The maximum Gasteiger partial charge on any atom is 0.0956 e. The Morgan fingerprint density at radius 2 is 2.12 bits per heavy atom. The van der Waals surface area contributed by atoms with E-state index in [1.807, 2.05) is 6.07 Å². The number of morpholine rings is 1. The molecule has 16 heavy (non-hydrogen) atoms. The second kappa shape index (κ2) is 4.24. The summed E-state index contributed by atoms with van der Waals surface area (Å²) in [7, 11) is 0. The van der Waals surface area contributed by atoms with Gasteiger partial charge in [0.15, 0.2) is 0 Å². The summed E-state index contributed by atoms with van der Waals surface area (Å²) in [6, 6.07) is 16.0. The van der Waals surface area contributed by atoms with E-state index in [0.29, 0.717) is 0 Å². The first-order valence-electron chi connectivity index (χ1n) is 5.67. The van der Waals surface area contributed by atoms with Crippen LogP contribution in [0.4, 0.5) is 0 Å². The lowest BCUT2D eigenvalue weighted by molar-refractivity contribution is 0.0276. The lowest BCUT2D eigenvalue weighted by Gasteiger charge is -2.23. The third kappa shape index (κ3) is 1.82. The van der Waals surface area contributed by atoms with E-state index in [1.54, 1.807) is 0 Å². The fourth-order valence-corrected chi connectivity index (χ4v) is 2.09. The zero-order chi connectivity index (χ0) is 10.8. The minimum atomic E-state index is 0.151. The number of benzene rings is 2. The molecule has 1 aliphatic rings. The van der Waals surface area contributed by atoms with E-state index in [0.717, 1.165) is 30.6 Å². The number of hydrogen-bond acceptors (Lipinski definition) is 2. The summed E-state index contributed by atoms with van der Waals surface area (Å²) >= 11 is 0. The van der Waals surface area contributed by atoms with Crippen LogP contribution >= 0.6 is 0 Å². The van der Waals surface area contributed by atoms with Crippen molar-refractivity contribution in [2.24, 2.45) is 0 Å². The molecule has 0 aliphatic carbocycles. The molecule has 1 N–H and O–H groups in total. The fourth-order valence-electron chi connectivity index (χ4n) is 2.09. The molecular formula is C14H14NO. The van der Waals surface area contributed by atoms with Gasteiger partial charge in [0.1, 0.15) is 0 Å². The summed E-state index contributed by atoms with van der Waals surface area (Å²) < 4.78 is 5.72. The van der Waals surface area contributed by atoms with Crippen LogP contribution in [-0.2, 0) is 4.74 Å². The molecule has 81 valence electrons. The van der Waals surface area contributed by atoms with Crippen LogP contribution in [0.5, 0.6) is 0 Å². The van der Waals surface area contributed by atoms with Crippen LogP contribution in [0.15, 0.2) is 36.4 Å². The molecule has 2 aromatic carbocycles. The van der Waals surface area contributed by atoms with Gasteiger partial charge in [-0.25, -0.2) is 0 Å². The van der Waals surface area contributed by atoms with Crippen molar-refractivity contribution < 1.29 is 4.74 Å². The maximum atomic E-state index is 5.72. The average Bonchev–Trinajstić information content (AvgIpc) is 2.39. The van der Waals surface area contributed by atoms with Gasteiger partial charge in [-0.2, -0.15) is 0 Å². The van der Waals surface area contributed by atoms with Crippen molar-refractivity contribution in [2.45, 2.75) is 6.10 Å². The molecule has 0 amide bonds. The largest absolute Gasteiger partial charge is 0.371 e. The minimum absolute atomic E-state index is 0.151. The predicted octanol–water partition coefficient (Wildman–Crippen LogP) is 2.30. The van der Waals surface area contributed by atoms with Crippen molar-refractivity contribution >= 4 is 10.8 Å². The maximum absolute atomic E-state index is 5.72. The summed E-state index contributed by atoms with van der Waals surface area (Å²) in [5, 5.41) is 5.73. The van der Waals surface area contributed by atoms with Gasteiger partial charge in [-0.05, 0) is 22.4 Å². The van der Waals surface area contributed by atoms with E-state index in [2.05, 4.69) is 41.7 Å². The van der Waals surface area contributed by atoms with Crippen LogP contribution in [0, 0.1) is 6.07 Å². The Labute approximate surface area is 95.2 Å². The molecule has 0 aromatic heterocycles. The van der Waals surface area contributed by atoms with E-state index in [1.165, 1.54) is 5.39 Å². The quantitative estimate of drug-likeness (QED) is 0.783. The highest BCUT2D eigenvalue weighted by molar-refractivity contribution is 5.82. The molecule has 1 heterocycles. The molecule has 1 fully saturated rings. The normalized spacial score (nSPS) is 21.1. The summed E-state index contributed by atoms with van der Waals surface area (Å²) in [5.74, 6) is 0. The highest BCUT2D eigenvalue weighted by Gasteiger charge is 2.15. The van der Waals surface area contributed by atoms with Crippen LogP contribution in [-0.4, -0.2) is 19.7 Å². The average molecular weight is 212 g/mol. The first-order chi connectivity index (χ1) is 7.93. The molecule has 2 aromatic rings. The highest BCUT2D eigenvalue weighted by atomic mass is 16.5. The monoisotopic (exact) mass is 212 g/mol. The van der Waals surface area contributed by atoms with Gasteiger partial charge in [0.2, 0.25) is 0 Å². The van der Waals surface area contributed by atoms with Crippen molar-refractivity contribution in [2.75, 3.05) is 19.7 Å². The molecule has 1 aliphatic heterocycles. The van der Waals surface area contributed by atoms with Crippen molar-refractivity contribution in [1.29, 1.82) is 0 Å². The first-order valence-corrected chi connectivity index (χ1v) is 5.67. The lowest BCUT2D eigenvalue weighted by Crippen LogP contribution is -2.33. The topological polar surface area (TPSA) is 21.3 Å². The van der Waals surface area contributed by atoms with Crippen LogP contribution < -0.4 is 5.32 Å². The summed E-state index contributed by atoms with van der Waals surface area (Å²) in [5.41, 5.74) is 1.14. The number of rotatable bonds is 1. The highest BCUT2D eigenvalue weighted by Crippen LogP contribution is 2.22. The van der Waals surface area contributed by atoms with Gasteiger partial charge < -0.3 is 10.1 Å². The van der Waals surface area contributed by atoms with Crippen LogP contribution in [0.25, 0.3) is 10.8 Å². The molecule has 3 rings (SSSR count). The second-order valence-corrected chi connectivity index (χ2v) is 4.06. The fraction of sp³-hybridized carbons (Fsp3) is 0.286. The molecule has 1 saturated heterocycles. The zero-order valence-corrected chi connectivity index (χ0v) is 9.07. The second-order valence-electron chi connectivity index (χ2n) is 4.06. The van der Waals surface area contributed by atoms with Crippen molar-refractivity contribution in [3.05, 3.63) is 48.0 Å². The zero-order valence-electron chi connectivity index (χ0n) is 9.07. The Morgan fingerprint density at radius 1 is 1.19 bits per heavy atom. The Hall–Kier alpha value is -1.38. The molecule has 1 atom stereocenters. The molecule has 1 unspecified atom stereocenters. The summed E-state index contributed by atoms with van der Waals surface area (Å²) in [4.78, 5) is 0. The van der Waals surface area contributed by atoms with Crippen LogP contribution in [0.2, 0.25) is 0 Å². The van der Waals surface area contributed by atoms with Gasteiger partial charge in [-0.15, -0.1) is 0 Å². The summed E-state index contributed by atoms with van der Waals surface area (Å²) in [6.07, 6.45) is 0.151. The molecule has 0 bridgehead atoms. The smallest absolute Gasteiger partial charge is 0.0956 e. The van der Waals surface area contributed by atoms with Gasteiger partial charge in [-0.3, -0.25) is 0 Å².